The lowest BCUT2D eigenvalue weighted by Crippen LogP contribution is -2.37. The van der Waals surface area contributed by atoms with E-state index in [1.54, 1.807) is 19.9 Å². The maximum atomic E-state index is 12.8. The monoisotopic (exact) mass is 333 g/mol. The zero-order chi connectivity index (χ0) is 16.8. The predicted octanol–water partition coefficient (Wildman–Crippen LogP) is 3.50. The van der Waals surface area contributed by atoms with Crippen molar-refractivity contribution in [2.45, 2.75) is 38.9 Å². The van der Waals surface area contributed by atoms with Gasteiger partial charge in [0.15, 0.2) is 11.5 Å². The molecular formula is C13H20NO7P. The van der Waals surface area contributed by atoms with Gasteiger partial charge in [-0.15, -0.1) is 0 Å². The van der Waals surface area contributed by atoms with Gasteiger partial charge in [0, 0.05) is 24.7 Å². The minimum atomic E-state index is -4.01. The lowest BCUT2D eigenvalue weighted by molar-refractivity contribution is -0.541. The summed E-state index contributed by atoms with van der Waals surface area (Å²) >= 11 is 0. The molecule has 1 aromatic rings. The van der Waals surface area contributed by atoms with Crippen molar-refractivity contribution in [1.82, 2.24) is 0 Å². The van der Waals surface area contributed by atoms with Crippen molar-refractivity contribution in [2.75, 3.05) is 13.2 Å². The third-order valence-electron chi connectivity index (χ3n) is 3.20. The number of Topliss-reactive ketones (excluding diaryl/α,β-unsaturated/α-hetero) is 1. The number of nitrogens with zero attached hydrogens (tertiary/aromatic N) is 1. The largest absolute Gasteiger partial charge is 0.461 e. The van der Waals surface area contributed by atoms with Gasteiger partial charge in [-0.3, -0.25) is 19.5 Å². The van der Waals surface area contributed by atoms with Gasteiger partial charge in [0.25, 0.3) is 0 Å². The molecular weight excluding hydrogens is 313 g/mol. The molecule has 0 aliphatic heterocycles. The van der Waals surface area contributed by atoms with E-state index in [9.17, 15) is 19.5 Å². The topological polar surface area (TPSA) is 109 Å². The van der Waals surface area contributed by atoms with Gasteiger partial charge in [0.2, 0.25) is 0 Å². The van der Waals surface area contributed by atoms with Gasteiger partial charge in [-0.05, 0) is 26.0 Å². The first-order chi connectivity index (χ1) is 10.3. The number of ketones is 1. The minimum absolute atomic E-state index is 0.00678. The number of hydrogen-bond acceptors (Lipinski definition) is 7. The molecule has 0 saturated carbocycles. The third kappa shape index (κ3) is 3.82. The highest BCUT2D eigenvalue weighted by Crippen LogP contribution is 2.61. The first-order valence-electron chi connectivity index (χ1n) is 6.91. The highest BCUT2D eigenvalue weighted by atomic mass is 31.2. The normalized spacial score (nSPS) is 14.5. The highest BCUT2D eigenvalue weighted by Gasteiger charge is 2.58. The predicted molar refractivity (Wildman–Crippen MR) is 78.5 cm³/mol. The standard InChI is InChI=1S/C13H20NO7P/c1-4-20-22(18,21-5-2)13(3,14(16)17)9-8-11(15)12-7-6-10-19-12/h6-7,10H,4-5,8-9H2,1-3H3. The van der Waals surface area contributed by atoms with E-state index in [1.165, 1.54) is 19.3 Å². The molecule has 0 fully saturated rings. The summed E-state index contributed by atoms with van der Waals surface area (Å²) in [4.78, 5) is 22.7. The van der Waals surface area contributed by atoms with E-state index >= 15 is 0 Å². The van der Waals surface area contributed by atoms with Crippen molar-refractivity contribution >= 4 is 13.4 Å². The first kappa shape index (κ1) is 18.5. The van der Waals surface area contributed by atoms with Gasteiger partial charge in [0.05, 0.1) is 19.5 Å². The minimum Gasteiger partial charge on any atom is -0.461 e. The molecule has 0 aliphatic rings. The van der Waals surface area contributed by atoms with Crippen LogP contribution in [0.3, 0.4) is 0 Å². The van der Waals surface area contributed by atoms with Crippen LogP contribution in [0.25, 0.3) is 0 Å². The molecule has 1 rings (SSSR count). The van der Waals surface area contributed by atoms with Crippen molar-refractivity contribution in [3.05, 3.63) is 34.3 Å². The average molecular weight is 333 g/mol. The van der Waals surface area contributed by atoms with Crippen LogP contribution < -0.4 is 0 Å². The van der Waals surface area contributed by atoms with Gasteiger partial charge in [0.1, 0.15) is 0 Å². The van der Waals surface area contributed by atoms with E-state index in [-0.39, 0.29) is 31.8 Å². The zero-order valence-corrected chi connectivity index (χ0v) is 13.7. The fourth-order valence-electron chi connectivity index (χ4n) is 1.89. The Hall–Kier alpha value is -1.50. The van der Waals surface area contributed by atoms with Crippen LogP contribution in [0.4, 0.5) is 0 Å². The average Bonchev–Trinajstić information content (AvgIpc) is 2.98. The van der Waals surface area contributed by atoms with E-state index in [4.69, 9.17) is 13.5 Å². The smallest absolute Gasteiger partial charge is 0.406 e. The highest BCUT2D eigenvalue weighted by molar-refractivity contribution is 7.55. The Bertz CT molecular complexity index is 547. The second-order valence-corrected chi connectivity index (χ2v) is 7.18. The van der Waals surface area contributed by atoms with Crippen LogP contribution in [0.15, 0.2) is 22.8 Å². The van der Waals surface area contributed by atoms with Crippen LogP contribution in [-0.2, 0) is 13.6 Å². The maximum absolute atomic E-state index is 12.8. The summed E-state index contributed by atoms with van der Waals surface area (Å²) in [5, 5.41) is 9.46. The molecule has 8 nitrogen and oxygen atoms in total. The third-order valence-corrected chi connectivity index (χ3v) is 5.97. The summed E-state index contributed by atoms with van der Waals surface area (Å²) in [5.74, 6) is -0.300. The molecule has 0 aromatic carbocycles. The van der Waals surface area contributed by atoms with Crippen LogP contribution >= 0.6 is 7.60 Å². The van der Waals surface area contributed by atoms with Crippen molar-refractivity contribution < 1.29 is 27.7 Å². The molecule has 124 valence electrons. The molecule has 0 aliphatic carbocycles. The van der Waals surface area contributed by atoms with Gasteiger partial charge >= 0.3 is 12.9 Å². The molecule has 0 radical (unpaired) electrons. The van der Waals surface area contributed by atoms with Gasteiger partial charge in [-0.2, -0.15) is 0 Å². The molecule has 0 saturated heterocycles. The Balaban J connectivity index is 2.97. The number of carbonyl (C=O) groups excluding carboxylic acids is 1. The summed E-state index contributed by atoms with van der Waals surface area (Å²) in [5.41, 5.74) is 0. The van der Waals surface area contributed by atoms with Gasteiger partial charge in [-0.25, -0.2) is 0 Å². The molecule has 0 N–H and O–H groups in total. The van der Waals surface area contributed by atoms with Crippen molar-refractivity contribution in [3.63, 3.8) is 0 Å². The SMILES string of the molecule is CCOP(=O)(OCC)C(C)(CCC(=O)c1ccco1)[N+](=O)[O-]. The summed E-state index contributed by atoms with van der Waals surface area (Å²) in [6.45, 7) is 4.33. The Kier molecular flexibility index (Phi) is 6.47. The quantitative estimate of drug-likeness (QED) is 0.279. The number of furan rings is 1. The van der Waals surface area contributed by atoms with Crippen LogP contribution in [-0.4, -0.2) is 29.2 Å². The van der Waals surface area contributed by atoms with Crippen molar-refractivity contribution in [3.8, 4) is 0 Å². The van der Waals surface area contributed by atoms with E-state index in [1.807, 2.05) is 0 Å². The van der Waals surface area contributed by atoms with E-state index < -0.39 is 23.6 Å². The fourth-order valence-corrected chi connectivity index (χ4v) is 3.79. The molecule has 0 spiro atoms. The van der Waals surface area contributed by atoms with Crippen LogP contribution in [0, 0.1) is 10.1 Å². The molecule has 22 heavy (non-hydrogen) atoms. The summed E-state index contributed by atoms with van der Waals surface area (Å²) in [7, 11) is -4.01. The number of rotatable bonds is 10. The molecule has 1 heterocycles. The van der Waals surface area contributed by atoms with Crippen molar-refractivity contribution in [1.29, 1.82) is 0 Å². The number of hydrogen-bond donors (Lipinski definition) is 0. The second-order valence-electron chi connectivity index (χ2n) is 4.71. The Labute approximate surface area is 128 Å². The molecule has 9 heteroatoms. The Morgan fingerprint density at radius 3 is 2.41 bits per heavy atom. The lowest BCUT2D eigenvalue weighted by Gasteiger charge is -2.28. The second kappa shape index (κ2) is 7.67. The summed E-state index contributed by atoms with van der Waals surface area (Å²) < 4.78 is 27.9. The molecule has 1 aromatic heterocycles. The lowest BCUT2D eigenvalue weighted by atomic mass is 10.1. The van der Waals surface area contributed by atoms with Gasteiger partial charge in [-0.1, -0.05) is 0 Å². The zero-order valence-electron chi connectivity index (χ0n) is 12.8. The van der Waals surface area contributed by atoms with E-state index in [2.05, 4.69) is 0 Å². The molecule has 0 amide bonds. The summed E-state index contributed by atoms with van der Waals surface area (Å²) in [6, 6.07) is 3.02. The van der Waals surface area contributed by atoms with Crippen molar-refractivity contribution in [2.24, 2.45) is 0 Å². The fraction of sp³-hybridized carbons (Fsp3) is 0.615. The number of nitro groups is 1. The van der Waals surface area contributed by atoms with Crippen LogP contribution in [0.5, 0.6) is 0 Å². The molecule has 0 bridgehead atoms. The van der Waals surface area contributed by atoms with E-state index in [0.717, 1.165) is 0 Å². The van der Waals surface area contributed by atoms with E-state index in [0.29, 0.717) is 0 Å². The maximum Gasteiger partial charge on any atom is 0.406 e. The van der Waals surface area contributed by atoms with Crippen LogP contribution in [0.2, 0.25) is 0 Å². The summed E-state index contributed by atoms with van der Waals surface area (Å²) in [6.07, 6.45) is 0.858. The Morgan fingerprint density at radius 1 is 1.41 bits per heavy atom. The first-order valence-corrected chi connectivity index (χ1v) is 8.45. The molecule has 1 atom stereocenters. The number of carbonyl (C=O) groups is 1. The van der Waals surface area contributed by atoms with Gasteiger partial charge < -0.3 is 13.5 Å². The molecule has 1 unspecified atom stereocenters. The Morgan fingerprint density at radius 2 is 2.00 bits per heavy atom. The van der Waals surface area contributed by atoms with Crippen LogP contribution in [0.1, 0.15) is 44.2 Å².